The number of hydrogen-bond donors (Lipinski definition) is 1. The van der Waals surface area contributed by atoms with Crippen LogP contribution in [0.15, 0.2) is 35.7 Å². The third kappa shape index (κ3) is 4.13. The molecule has 1 aromatic heterocycles. The quantitative estimate of drug-likeness (QED) is 0.920. The highest BCUT2D eigenvalue weighted by Crippen LogP contribution is 2.16. The minimum absolute atomic E-state index is 0.605. The van der Waals surface area contributed by atoms with Gasteiger partial charge in [0, 0.05) is 44.0 Å². The molecule has 1 aromatic carbocycles. The summed E-state index contributed by atoms with van der Waals surface area (Å²) in [6, 6.07) is 11.3. The lowest BCUT2D eigenvalue weighted by molar-refractivity contribution is 0.164. The Kier molecular flexibility index (Phi) is 5.01. The molecule has 4 heteroatoms. The second-order valence-electron chi connectivity index (χ2n) is 5.74. The Balaban J connectivity index is 1.53. The molecule has 1 aliphatic rings. The number of nitrogens with one attached hydrogen (secondary N) is 1. The lowest BCUT2D eigenvalue weighted by Gasteiger charge is -2.33. The molecule has 0 spiro atoms. The molecule has 3 nitrogen and oxygen atoms in total. The summed E-state index contributed by atoms with van der Waals surface area (Å²) in [7, 11) is 0. The summed E-state index contributed by atoms with van der Waals surface area (Å²) in [6.07, 6.45) is 2.13. The normalized spacial score (nSPS) is 19.8. The summed E-state index contributed by atoms with van der Waals surface area (Å²) in [4.78, 5) is 7.33. The maximum atomic E-state index is 4.81. The first kappa shape index (κ1) is 14.7. The molecule has 0 saturated carbocycles. The van der Waals surface area contributed by atoms with E-state index in [0.29, 0.717) is 6.04 Å². The first-order valence-corrected chi connectivity index (χ1v) is 8.61. The number of hydrogen-bond acceptors (Lipinski definition) is 4. The molecule has 1 aliphatic heterocycles. The van der Waals surface area contributed by atoms with E-state index in [-0.39, 0.29) is 0 Å². The van der Waals surface area contributed by atoms with Crippen LogP contribution in [0.1, 0.15) is 23.2 Å². The third-order valence-corrected chi connectivity index (χ3v) is 5.03. The van der Waals surface area contributed by atoms with Gasteiger partial charge in [0.05, 0.1) is 10.7 Å². The van der Waals surface area contributed by atoms with Gasteiger partial charge in [0.25, 0.3) is 0 Å². The van der Waals surface area contributed by atoms with Gasteiger partial charge in [0.2, 0.25) is 0 Å². The van der Waals surface area contributed by atoms with E-state index in [1.807, 2.05) is 0 Å². The minimum Gasteiger partial charge on any atom is -0.314 e. The van der Waals surface area contributed by atoms with Crippen molar-refractivity contribution in [2.75, 3.05) is 19.6 Å². The maximum absolute atomic E-state index is 4.81. The largest absolute Gasteiger partial charge is 0.314 e. The zero-order valence-corrected chi connectivity index (χ0v) is 13.4. The Morgan fingerprint density at radius 3 is 2.95 bits per heavy atom. The van der Waals surface area contributed by atoms with Gasteiger partial charge in [-0.2, -0.15) is 0 Å². The zero-order valence-electron chi connectivity index (χ0n) is 12.6. The van der Waals surface area contributed by atoms with Gasteiger partial charge < -0.3 is 5.32 Å². The van der Waals surface area contributed by atoms with Crippen LogP contribution < -0.4 is 5.32 Å². The Labute approximate surface area is 131 Å². The van der Waals surface area contributed by atoms with E-state index in [2.05, 4.69) is 52.9 Å². The Morgan fingerprint density at radius 2 is 2.14 bits per heavy atom. The van der Waals surface area contributed by atoms with Gasteiger partial charge in [-0.15, -0.1) is 11.3 Å². The first-order valence-electron chi connectivity index (χ1n) is 7.73. The van der Waals surface area contributed by atoms with Crippen LogP contribution in [0.4, 0.5) is 0 Å². The van der Waals surface area contributed by atoms with E-state index in [4.69, 9.17) is 4.98 Å². The molecule has 1 fully saturated rings. The number of rotatable bonds is 5. The van der Waals surface area contributed by atoms with Gasteiger partial charge >= 0.3 is 0 Å². The van der Waals surface area contributed by atoms with Crippen molar-refractivity contribution in [2.24, 2.45) is 0 Å². The lowest BCUT2D eigenvalue weighted by atomic mass is 10.1. The van der Waals surface area contributed by atoms with Crippen LogP contribution in [0.25, 0.3) is 0 Å². The van der Waals surface area contributed by atoms with E-state index < -0.39 is 0 Å². The van der Waals surface area contributed by atoms with Gasteiger partial charge in [-0.1, -0.05) is 30.3 Å². The summed E-state index contributed by atoms with van der Waals surface area (Å²) in [5, 5.41) is 6.93. The van der Waals surface area contributed by atoms with Crippen LogP contribution >= 0.6 is 11.3 Å². The summed E-state index contributed by atoms with van der Waals surface area (Å²) >= 11 is 1.81. The highest BCUT2D eigenvalue weighted by Gasteiger charge is 2.18. The monoisotopic (exact) mass is 301 g/mol. The second kappa shape index (κ2) is 7.16. The molecular formula is C17H23N3S. The van der Waals surface area contributed by atoms with Crippen molar-refractivity contribution in [1.82, 2.24) is 15.2 Å². The summed E-state index contributed by atoms with van der Waals surface area (Å²) in [5.74, 6) is 0. The average molecular weight is 301 g/mol. The van der Waals surface area contributed by atoms with Gasteiger partial charge in [0.15, 0.2) is 0 Å². The molecule has 112 valence electrons. The molecule has 0 bridgehead atoms. The highest BCUT2D eigenvalue weighted by atomic mass is 32.1. The van der Waals surface area contributed by atoms with Crippen molar-refractivity contribution in [2.45, 2.75) is 32.4 Å². The average Bonchev–Trinajstić information content (AvgIpc) is 2.96. The molecule has 2 heterocycles. The maximum Gasteiger partial charge on any atom is 0.0932 e. The number of aryl methyl sites for hydroxylation is 2. The lowest BCUT2D eigenvalue weighted by Crippen LogP contribution is -2.49. The highest BCUT2D eigenvalue weighted by molar-refractivity contribution is 7.09. The number of thiazole rings is 1. The number of benzene rings is 1. The molecule has 3 rings (SSSR count). The van der Waals surface area contributed by atoms with E-state index in [1.165, 1.54) is 16.3 Å². The number of piperazine rings is 1. The summed E-state index contributed by atoms with van der Waals surface area (Å²) in [5.41, 5.74) is 2.63. The van der Waals surface area contributed by atoms with Crippen LogP contribution in [0.5, 0.6) is 0 Å². The number of nitrogens with zero attached hydrogens (tertiary/aromatic N) is 2. The molecule has 0 aliphatic carbocycles. The minimum atomic E-state index is 0.605. The predicted octanol–water partition coefficient (Wildman–Crippen LogP) is 2.72. The Morgan fingerprint density at radius 1 is 1.29 bits per heavy atom. The standard InChI is InChI=1S/C17H23N3S/c1-14-11-18-9-10-20(14)12-16-13-21-17(19-16)8-7-15-5-3-2-4-6-15/h2-6,13-14,18H,7-12H2,1H3/t14-/m0/s1. The van der Waals surface area contributed by atoms with Crippen molar-refractivity contribution in [3.8, 4) is 0 Å². The van der Waals surface area contributed by atoms with Crippen molar-refractivity contribution in [3.63, 3.8) is 0 Å². The van der Waals surface area contributed by atoms with Crippen molar-refractivity contribution in [3.05, 3.63) is 52.0 Å². The third-order valence-electron chi connectivity index (χ3n) is 4.07. The van der Waals surface area contributed by atoms with Crippen molar-refractivity contribution >= 4 is 11.3 Å². The SMILES string of the molecule is C[C@H]1CNCCN1Cc1csc(CCc2ccccc2)n1. The zero-order chi connectivity index (χ0) is 14.5. The van der Waals surface area contributed by atoms with Crippen molar-refractivity contribution in [1.29, 1.82) is 0 Å². The van der Waals surface area contributed by atoms with Crippen LogP contribution in [-0.4, -0.2) is 35.6 Å². The van der Waals surface area contributed by atoms with Gasteiger partial charge in [-0.25, -0.2) is 4.98 Å². The molecule has 21 heavy (non-hydrogen) atoms. The van der Waals surface area contributed by atoms with Crippen LogP contribution in [-0.2, 0) is 19.4 Å². The molecule has 1 N–H and O–H groups in total. The second-order valence-corrected chi connectivity index (χ2v) is 6.68. The molecule has 1 atom stereocenters. The van der Waals surface area contributed by atoms with Crippen LogP contribution in [0.3, 0.4) is 0 Å². The fourth-order valence-corrected chi connectivity index (χ4v) is 3.55. The van der Waals surface area contributed by atoms with Crippen molar-refractivity contribution < 1.29 is 0 Å². The Hall–Kier alpha value is -1.23. The molecule has 2 aromatic rings. The van der Waals surface area contributed by atoms with E-state index in [1.54, 1.807) is 11.3 Å². The molecule has 0 amide bonds. The fourth-order valence-electron chi connectivity index (χ4n) is 2.76. The molecular weight excluding hydrogens is 278 g/mol. The van der Waals surface area contributed by atoms with E-state index in [0.717, 1.165) is 39.0 Å². The van der Waals surface area contributed by atoms with E-state index in [9.17, 15) is 0 Å². The van der Waals surface area contributed by atoms with E-state index >= 15 is 0 Å². The summed E-state index contributed by atoms with van der Waals surface area (Å²) < 4.78 is 0. The predicted molar refractivity (Wildman–Crippen MR) is 88.7 cm³/mol. The smallest absolute Gasteiger partial charge is 0.0932 e. The Bertz CT molecular complexity index is 552. The molecule has 0 unspecified atom stereocenters. The molecule has 1 saturated heterocycles. The fraction of sp³-hybridized carbons (Fsp3) is 0.471. The number of aromatic nitrogens is 1. The summed E-state index contributed by atoms with van der Waals surface area (Å²) in [6.45, 7) is 6.58. The van der Waals surface area contributed by atoms with Gasteiger partial charge in [-0.3, -0.25) is 4.90 Å². The van der Waals surface area contributed by atoms with Crippen LogP contribution in [0, 0.1) is 0 Å². The topological polar surface area (TPSA) is 28.2 Å². The van der Waals surface area contributed by atoms with Crippen LogP contribution in [0.2, 0.25) is 0 Å². The molecule has 0 radical (unpaired) electrons. The van der Waals surface area contributed by atoms with Gasteiger partial charge in [-0.05, 0) is 18.9 Å². The first-order chi connectivity index (χ1) is 10.3. The van der Waals surface area contributed by atoms with Gasteiger partial charge in [0.1, 0.15) is 0 Å².